The van der Waals surface area contributed by atoms with Gasteiger partial charge in [0.2, 0.25) is 0 Å². The van der Waals surface area contributed by atoms with Crippen molar-refractivity contribution < 1.29 is 19.5 Å². The van der Waals surface area contributed by atoms with Crippen LogP contribution in [0.5, 0.6) is 17.2 Å². The molecule has 0 saturated heterocycles. The van der Waals surface area contributed by atoms with Crippen molar-refractivity contribution in [2.75, 3.05) is 20.8 Å². The summed E-state index contributed by atoms with van der Waals surface area (Å²) in [5.41, 5.74) is 2.52. The first-order valence-corrected chi connectivity index (χ1v) is 10.1. The number of aryl methyl sites for hydroxylation is 1. The molecule has 2 heterocycles. The van der Waals surface area contributed by atoms with Gasteiger partial charge >= 0.3 is 0 Å². The molecule has 1 aliphatic heterocycles. The summed E-state index contributed by atoms with van der Waals surface area (Å²) in [6.45, 7) is 2.03. The lowest BCUT2D eigenvalue weighted by atomic mass is 9.99. The molecule has 0 bridgehead atoms. The largest absolute Gasteiger partial charge is 0.504 e. The van der Waals surface area contributed by atoms with E-state index >= 15 is 0 Å². The zero-order chi connectivity index (χ0) is 22.0. The fraction of sp³-hybridized carbons (Fsp3) is 0.304. The Balaban J connectivity index is 1.81. The molecule has 8 heteroatoms. The van der Waals surface area contributed by atoms with Crippen LogP contribution in [0.1, 0.15) is 29.3 Å². The Kier molecular flexibility index (Phi) is 5.81. The normalized spacial score (nSPS) is 16.4. The quantitative estimate of drug-likeness (QED) is 0.474. The predicted molar refractivity (Wildman–Crippen MR) is 116 cm³/mol. The summed E-state index contributed by atoms with van der Waals surface area (Å²) in [7, 11) is 3.09. The van der Waals surface area contributed by atoms with Gasteiger partial charge in [-0.25, -0.2) is 0 Å². The second-order valence-corrected chi connectivity index (χ2v) is 7.50. The second-order valence-electron chi connectivity index (χ2n) is 7.50. The van der Waals surface area contributed by atoms with Crippen LogP contribution in [0.2, 0.25) is 0 Å². The number of para-hydroxylation sites is 1. The topological polar surface area (TPSA) is 90.0 Å². The van der Waals surface area contributed by atoms with E-state index in [1.165, 1.54) is 13.2 Å². The number of benzene rings is 2. The lowest BCUT2D eigenvalue weighted by Gasteiger charge is -2.31. The summed E-state index contributed by atoms with van der Waals surface area (Å²) >= 11 is 0. The fourth-order valence-corrected chi connectivity index (χ4v) is 4.31. The number of aromatic hydroxyl groups is 1. The predicted octanol–water partition coefficient (Wildman–Crippen LogP) is 4.11. The molecular weight excluding hydrogens is 398 g/mol. The molecule has 1 N–H and O–H groups in total. The molecule has 0 spiro atoms. The van der Waals surface area contributed by atoms with Crippen molar-refractivity contribution in [2.45, 2.75) is 25.6 Å². The van der Waals surface area contributed by atoms with E-state index in [1.807, 2.05) is 30.5 Å². The van der Waals surface area contributed by atoms with Gasteiger partial charge < -0.3 is 19.1 Å². The van der Waals surface area contributed by atoms with Crippen molar-refractivity contribution in [3.05, 3.63) is 81.7 Å². The van der Waals surface area contributed by atoms with Gasteiger partial charge in [-0.2, -0.15) is 0 Å². The summed E-state index contributed by atoms with van der Waals surface area (Å²) < 4.78 is 13.0. The number of hydrogen-bond acceptors (Lipinski definition) is 6. The van der Waals surface area contributed by atoms with Crippen LogP contribution in [0.25, 0.3) is 0 Å². The molecule has 31 heavy (non-hydrogen) atoms. The average Bonchev–Trinajstić information content (AvgIpc) is 3.16. The lowest BCUT2D eigenvalue weighted by molar-refractivity contribution is -0.385. The van der Waals surface area contributed by atoms with Gasteiger partial charge in [0.05, 0.1) is 25.2 Å². The Morgan fingerprint density at radius 2 is 1.90 bits per heavy atom. The number of phenols is 1. The molecule has 162 valence electrons. The van der Waals surface area contributed by atoms with E-state index in [-0.39, 0.29) is 17.5 Å². The minimum atomic E-state index is -0.401. The molecular formula is C23H25N3O5. The maximum absolute atomic E-state index is 11.3. The van der Waals surface area contributed by atoms with Crippen molar-refractivity contribution in [1.29, 1.82) is 0 Å². The molecule has 0 aliphatic carbocycles. The third kappa shape index (κ3) is 3.94. The second kappa shape index (κ2) is 8.69. The number of ether oxygens (including phenoxy) is 2. The Morgan fingerprint density at radius 3 is 2.65 bits per heavy atom. The van der Waals surface area contributed by atoms with Crippen LogP contribution in [-0.4, -0.2) is 40.3 Å². The van der Waals surface area contributed by atoms with Gasteiger partial charge in [0.25, 0.3) is 5.69 Å². The minimum Gasteiger partial charge on any atom is -0.504 e. The first-order valence-electron chi connectivity index (χ1n) is 10.1. The van der Waals surface area contributed by atoms with Crippen LogP contribution in [-0.2, 0) is 13.1 Å². The first kappa shape index (κ1) is 20.7. The van der Waals surface area contributed by atoms with E-state index in [1.54, 1.807) is 25.3 Å². The number of non-ortho nitro benzene ring substituents is 1. The van der Waals surface area contributed by atoms with Gasteiger partial charge in [-0.05, 0) is 30.7 Å². The van der Waals surface area contributed by atoms with Crippen molar-refractivity contribution in [2.24, 2.45) is 0 Å². The van der Waals surface area contributed by atoms with E-state index in [9.17, 15) is 15.2 Å². The van der Waals surface area contributed by atoms with Crippen molar-refractivity contribution >= 4 is 5.69 Å². The summed E-state index contributed by atoms with van der Waals surface area (Å²) in [6.07, 6.45) is 2.94. The Bertz CT molecular complexity index is 1090. The van der Waals surface area contributed by atoms with E-state index in [0.29, 0.717) is 18.0 Å². The molecule has 1 aliphatic rings. The van der Waals surface area contributed by atoms with Gasteiger partial charge in [0, 0.05) is 54.8 Å². The SMILES string of the molecule is COc1ccc([N+](=O)[O-])cc1CN1CCCn2cccc2C1c1cccc(OC)c1O. The van der Waals surface area contributed by atoms with Crippen molar-refractivity contribution in [1.82, 2.24) is 9.47 Å². The molecule has 0 amide bonds. The highest BCUT2D eigenvalue weighted by atomic mass is 16.6. The van der Waals surface area contributed by atoms with E-state index in [4.69, 9.17) is 9.47 Å². The van der Waals surface area contributed by atoms with Crippen LogP contribution < -0.4 is 9.47 Å². The van der Waals surface area contributed by atoms with E-state index in [0.717, 1.165) is 36.3 Å². The number of nitro groups is 1. The number of phenolic OH excluding ortho intramolecular Hbond substituents is 1. The maximum Gasteiger partial charge on any atom is 0.270 e. The number of aromatic nitrogens is 1. The molecule has 1 atom stereocenters. The Labute approximate surface area is 180 Å². The standard InChI is InChI=1S/C23H25N3O5/c1-30-20-10-9-17(26(28)29)14-16(20)15-25-13-5-12-24-11-4-7-19(24)22(25)18-6-3-8-21(31-2)23(18)27/h3-4,6-11,14,22,27H,5,12-13,15H2,1-2H3. The zero-order valence-corrected chi connectivity index (χ0v) is 17.5. The van der Waals surface area contributed by atoms with Crippen molar-refractivity contribution in [3.63, 3.8) is 0 Å². The van der Waals surface area contributed by atoms with Crippen LogP contribution in [0.4, 0.5) is 5.69 Å². The fourth-order valence-electron chi connectivity index (χ4n) is 4.31. The molecule has 2 aromatic carbocycles. The van der Waals surface area contributed by atoms with Crippen LogP contribution in [0.15, 0.2) is 54.7 Å². The van der Waals surface area contributed by atoms with Crippen LogP contribution >= 0.6 is 0 Å². The van der Waals surface area contributed by atoms with Gasteiger partial charge in [-0.1, -0.05) is 12.1 Å². The number of rotatable bonds is 6. The maximum atomic E-state index is 11.3. The van der Waals surface area contributed by atoms with Crippen LogP contribution in [0, 0.1) is 10.1 Å². The molecule has 8 nitrogen and oxygen atoms in total. The Morgan fingerprint density at radius 1 is 1.10 bits per heavy atom. The smallest absolute Gasteiger partial charge is 0.270 e. The molecule has 0 fully saturated rings. The molecule has 0 saturated carbocycles. The van der Waals surface area contributed by atoms with Gasteiger partial charge in [0.1, 0.15) is 5.75 Å². The van der Waals surface area contributed by atoms with E-state index < -0.39 is 4.92 Å². The summed E-state index contributed by atoms with van der Waals surface area (Å²) in [4.78, 5) is 13.1. The summed E-state index contributed by atoms with van der Waals surface area (Å²) in [5, 5.41) is 22.3. The summed E-state index contributed by atoms with van der Waals surface area (Å²) in [5.74, 6) is 1.10. The molecule has 3 aromatic rings. The monoisotopic (exact) mass is 423 g/mol. The third-order valence-corrected chi connectivity index (χ3v) is 5.75. The summed E-state index contributed by atoms with van der Waals surface area (Å²) in [6, 6.07) is 13.9. The molecule has 1 aromatic heterocycles. The minimum absolute atomic E-state index is 0.0229. The first-order chi connectivity index (χ1) is 15.0. The number of nitro benzene ring substituents is 1. The number of fused-ring (bicyclic) bond motifs is 1. The highest BCUT2D eigenvalue weighted by Crippen LogP contribution is 2.41. The van der Waals surface area contributed by atoms with Crippen LogP contribution in [0.3, 0.4) is 0 Å². The molecule has 4 rings (SSSR count). The van der Waals surface area contributed by atoms with Gasteiger partial charge in [-0.3, -0.25) is 15.0 Å². The Hall–Kier alpha value is -3.52. The number of hydrogen-bond donors (Lipinski definition) is 1. The zero-order valence-electron chi connectivity index (χ0n) is 17.5. The van der Waals surface area contributed by atoms with Gasteiger partial charge in [-0.15, -0.1) is 0 Å². The average molecular weight is 423 g/mol. The number of methoxy groups -OCH3 is 2. The van der Waals surface area contributed by atoms with E-state index in [2.05, 4.69) is 9.47 Å². The molecule has 0 radical (unpaired) electrons. The molecule has 1 unspecified atom stereocenters. The van der Waals surface area contributed by atoms with Crippen molar-refractivity contribution in [3.8, 4) is 17.2 Å². The third-order valence-electron chi connectivity index (χ3n) is 5.75. The van der Waals surface area contributed by atoms with Gasteiger partial charge in [0.15, 0.2) is 11.5 Å². The number of nitrogens with zero attached hydrogens (tertiary/aromatic N) is 3. The highest BCUT2D eigenvalue weighted by Gasteiger charge is 2.31. The lowest BCUT2D eigenvalue weighted by Crippen LogP contribution is -2.29. The highest BCUT2D eigenvalue weighted by molar-refractivity contribution is 5.50.